The van der Waals surface area contributed by atoms with Crippen molar-refractivity contribution >= 4 is 15.9 Å². The van der Waals surface area contributed by atoms with Crippen LogP contribution in [0.3, 0.4) is 0 Å². The molecule has 0 bridgehead atoms. The standard InChI is InChI=1S/C19H27Br/c1-2-4-14-8-10-19(20)18(11-14)13-15-7-9-16-5-3-6-17(16)12-15/h7,9,12,14,18-19H,2-6,8,10-11,13H2,1H3. The van der Waals surface area contributed by atoms with Crippen LogP contribution in [0.25, 0.3) is 0 Å². The van der Waals surface area contributed by atoms with E-state index in [4.69, 9.17) is 0 Å². The molecule has 0 spiro atoms. The second-order valence-corrected chi connectivity index (χ2v) is 8.08. The van der Waals surface area contributed by atoms with Crippen LogP contribution in [0, 0.1) is 11.8 Å². The third kappa shape index (κ3) is 3.30. The first-order chi connectivity index (χ1) is 9.76. The van der Waals surface area contributed by atoms with Crippen molar-refractivity contribution in [1.29, 1.82) is 0 Å². The highest BCUT2D eigenvalue weighted by molar-refractivity contribution is 9.09. The van der Waals surface area contributed by atoms with E-state index in [0.29, 0.717) is 0 Å². The van der Waals surface area contributed by atoms with Gasteiger partial charge in [-0.3, -0.25) is 0 Å². The van der Waals surface area contributed by atoms with E-state index < -0.39 is 0 Å². The molecule has 0 amide bonds. The zero-order valence-electron chi connectivity index (χ0n) is 12.7. The predicted molar refractivity (Wildman–Crippen MR) is 90.6 cm³/mol. The molecule has 0 N–H and O–H groups in total. The lowest BCUT2D eigenvalue weighted by Gasteiger charge is -2.33. The summed E-state index contributed by atoms with van der Waals surface area (Å²) in [4.78, 5) is 0.740. The van der Waals surface area contributed by atoms with Gasteiger partial charge in [-0.15, -0.1) is 0 Å². The summed E-state index contributed by atoms with van der Waals surface area (Å²) in [5, 5.41) is 0. The average molecular weight is 335 g/mol. The zero-order valence-corrected chi connectivity index (χ0v) is 14.3. The second kappa shape index (κ2) is 6.64. The van der Waals surface area contributed by atoms with E-state index in [-0.39, 0.29) is 0 Å². The van der Waals surface area contributed by atoms with E-state index in [2.05, 4.69) is 41.1 Å². The van der Waals surface area contributed by atoms with Crippen molar-refractivity contribution in [2.75, 3.05) is 0 Å². The molecule has 20 heavy (non-hydrogen) atoms. The number of hydrogen-bond donors (Lipinski definition) is 0. The lowest BCUT2D eigenvalue weighted by Crippen LogP contribution is -2.26. The van der Waals surface area contributed by atoms with Gasteiger partial charge >= 0.3 is 0 Å². The molecule has 0 radical (unpaired) electrons. The highest BCUT2D eigenvalue weighted by Gasteiger charge is 2.28. The molecular formula is C19H27Br. The summed E-state index contributed by atoms with van der Waals surface area (Å²) in [5.41, 5.74) is 4.82. The Kier molecular flexibility index (Phi) is 4.86. The zero-order chi connectivity index (χ0) is 13.9. The van der Waals surface area contributed by atoms with Crippen molar-refractivity contribution < 1.29 is 0 Å². The van der Waals surface area contributed by atoms with Gasteiger partial charge in [0.25, 0.3) is 0 Å². The summed E-state index contributed by atoms with van der Waals surface area (Å²) >= 11 is 3.95. The Morgan fingerprint density at radius 1 is 1.15 bits per heavy atom. The summed E-state index contributed by atoms with van der Waals surface area (Å²) in [6, 6.07) is 7.30. The average Bonchev–Trinajstić information content (AvgIpc) is 2.90. The number of hydrogen-bond acceptors (Lipinski definition) is 0. The second-order valence-electron chi connectivity index (χ2n) is 6.90. The maximum absolute atomic E-state index is 3.95. The fourth-order valence-corrected chi connectivity index (χ4v) is 4.93. The molecule has 1 aromatic carbocycles. The molecule has 3 rings (SSSR count). The van der Waals surface area contributed by atoms with Gasteiger partial charge in [-0.2, -0.15) is 0 Å². The molecule has 1 aromatic rings. The van der Waals surface area contributed by atoms with Gasteiger partial charge in [0.05, 0.1) is 0 Å². The van der Waals surface area contributed by atoms with Crippen molar-refractivity contribution in [1.82, 2.24) is 0 Å². The monoisotopic (exact) mass is 334 g/mol. The van der Waals surface area contributed by atoms with Gasteiger partial charge in [0.2, 0.25) is 0 Å². The Morgan fingerprint density at radius 3 is 2.85 bits per heavy atom. The van der Waals surface area contributed by atoms with Gasteiger partial charge in [0, 0.05) is 4.83 Å². The molecular weight excluding hydrogens is 308 g/mol. The predicted octanol–water partition coefficient (Wildman–Crippen LogP) is 5.70. The van der Waals surface area contributed by atoms with Gasteiger partial charge in [0.1, 0.15) is 0 Å². The van der Waals surface area contributed by atoms with Crippen LogP contribution in [0.4, 0.5) is 0 Å². The number of rotatable bonds is 4. The van der Waals surface area contributed by atoms with Crippen LogP contribution in [-0.4, -0.2) is 4.83 Å². The fraction of sp³-hybridized carbons (Fsp3) is 0.684. The van der Waals surface area contributed by atoms with Crippen molar-refractivity contribution in [2.24, 2.45) is 11.8 Å². The minimum absolute atomic E-state index is 0.740. The van der Waals surface area contributed by atoms with Crippen LogP contribution in [-0.2, 0) is 19.3 Å². The molecule has 0 aliphatic heterocycles. The summed E-state index contributed by atoms with van der Waals surface area (Å²) < 4.78 is 0. The number of fused-ring (bicyclic) bond motifs is 1. The molecule has 0 nitrogen and oxygen atoms in total. The summed E-state index contributed by atoms with van der Waals surface area (Å²) in [5.74, 6) is 1.83. The van der Waals surface area contributed by atoms with Crippen LogP contribution in [0.2, 0.25) is 0 Å². The Balaban J connectivity index is 1.66. The summed E-state index contributed by atoms with van der Waals surface area (Å²) in [7, 11) is 0. The molecule has 2 aliphatic rings. The van der Waals surface area contributed by atoms with Crippen molar-refractivity contribution in [2.45, 2.75) is 69.5 Å². The number of benzene rings is 1. The van der Waals surface area contributed by atoms with Crippen LogP contribution in [0.15, 0.2) is 18.2 Å². The quantitative estimate of drug-likeness (QED) is 0.619. The number of alkyl halides is 1. The van der Waals surface area contributed by atoms with Crippen LogP contribution in [0.1, 0.15) is 62.1 Å². The molecule has 0 aromatic heterocycles. The molecule has 0 saturated heterocycles. The fourth-order valence-electron chi connectivity index (χ4n) is 4.26. The van der Waals surface area contributed by atoms with E-state index >= 15 is 0 Å². The minimum Gasteiger partial charge on any atom is -0.0888 e. The van der Waals surface area contributed by atoms with E-state index in [9.17, 15) is 0 Å². The molecule has 1 saturated carbocycles. The normalized spacial score (nSPS) is 29.4. The van der Waals surface area contributed by atoms with Gasteiger partial charge in [-0.05, 0) is 73.5 Å². The maximum atomic E-state index is 3.95. The van der Waals surface area contributed by atoms with Gasteiger partial charge in [0.15, 0.2) is 0 Å². The highest BCUT2D eigenvalue weighted by atomic mass is 79.9. The molecule has 2 aliphatic carbocycles. The van der Waals surface area contributed by atoms with E-state index in [1.807, 2.05) is 0 Å². The van der Waals surface area contributed by atoms with Crippen LogP contribution >= 0.6 is 15.9 Å². The molecule has 110 valence electrons. The Labute approximate surface area is 132 Å². The smallest absolute Gasteiger partial charge is 0.0177 e. The van der Waals surface area contributed by atoms with E-state index in [0.717, 1.165) is 16.7 Å². The van der Waals surface area contributed by atoms with E-state index in [1.165, 1.54) is 57.8 Å². The molecule has 3 unspecified atom stereocenters. The van der Waals surface area contributed by atoms with Crippen molar-refractivity contribution in [3.63, 3.8) is 0 Å². The maximum Gasteiger partial charge on any atom is 0.0177 e. The van der Waals surface area contributed by atoms with Gasteiger partial charge in [-0.1, -0.05) is 53.9 Å². The number of aryl methyl sites for hydroxylation is 2. The lowest BCUT2D eigenvalue weighted by atomic mass is 9.77. The lowest BCUT2D eigenvalue weighted by molar-refractivity contribution is 0.263. The molecule has 1 fully saturated rings. The minimum atomic E-state index is 0.740. The van der Waals surface area contributed by atoms with E-state index in [1.54, 1.807) is 16.7 Å². The first-order valence-corrected chi connectivity index (χ1v) is 9.42. The van der Waals surface area contributed by atoms with Crippen LogP contribution < -0.4 is 0 Å². The van der Waals surface area contributed by atoms with Crippen molar-refractivity contribution in [3.05, 3.63) is 34.9 Å². The Hall–Kier alpha value is -0.300. The number of halogens is 1. The van der Waals surface area contributed by atoms with Crippen molar-refractivity contribution in [3.8, 4) is 0 Å². The summed E-state index contributed by atoms with van der Waals surface area (Å²) in [6.07, 6.45) is 12.3. The highest BCUT2D eigenvalue weighted by Crippen LogP contribution is 2.38. The first kappa shape index (κ1) is 14.6. The van der Waals surface area contributed by atoms with Gasteiger partial charge < -0.3 is 0 Å². The Bertz CT molecular complexity index is 451. The molecule has 1 heteroatoms. The summed E-state index contributed by atoms with van der Waals surface area (Å²) in [6.45, 7) is 2.33. The molecule has 3 atom stereocenters. The third-order valence-electron chi connectivity index (χ3n) is 5.36. The van der Waals surface area contributed by atoms with Gasteiger partial charge in [-0.25, -0.2) is 0 Å². The topological polar surface area (TPSA) is 0 Å². The first-order valence-electron chi connectivity index (χ1n) is 8.51. The SMILES string of the molecule is CCCC1CCC(Br)C(Cc2ccc3c(c2)CCC3)C1. The largest absolute Gasteiger partial charge is 0.0888 e. The third-order valence-corrected chi connectivity index (χ3v) is 6.56. The Morgan fingerprint density at radius 2 is 2.00 bits per heavy atom. The molecule has 0 heterocycles. The van der Waals surface area contributed by atoms with Crippen LogP contribution in [0.5, 0.6) is 0 Å².